The summed E-state index contributed by atoms with van der Waals surface area (Å²) < 4.78 is 99.1. The van der Waals surface area contributed by atoms with Crippen LogP contribution in [-0.4, -0.2) is 42.6 Å². The van der Waals surface area contributed by atoms with Crippen LogP contribution in [0, 0.1) is 17.7 Å². The fourth-order valence-corrected chi connectivity index (χ4v) is 5.50. The number of halogens is 7. The van der Waals surface area contributed by atoms with Gasteiger partial charge < -0.3 is 9.84 Å². The first-order valence-electron chi connectivity index (χ1n) is 11.6. The second-order valence-electron chi connectivity index (χ2n) is 9.46. The molecule has 2 aromatic rings. The van der Waals surface area contributed by atoms with E-state index in [0.717, 1.165) is 12.0 Å². The highest BCUT2D eigenvalue weighted by molar-refractivity contribution is 5.33. The van der Waals surface area contributed by atoms with Gasteiger partial charge in [-0.2, -0.15) is 26.3 Å². The van der Waals surface area contributed by atoms with Gasteiger partial charge in [-0.15, -0.1) is 0 Å². The fourth-order valence-electron chi connectivity index (χ4n) is 5.50. The van der Waals surface area contributed by atoms with Crippen LogP contribution in [0.2, 0.25) is 0 Å². The molecule has 2 aromatic carbocycles. The largest absolute Gasteiger partial charge is 0.416 e. The third kappa shape index (κ3) is 5.85. The maximum atomic E-state index is 13.6. The zero-order chi connectivity index (χ0) is 26.3. The summed E-state index contributed by atoms with van der Waals surface area (Å²) >= 11 is 0. The summed E-state index contributed by atoms with van der Waals surface area (Å²) in [7, 11) is 1.63. The molecule has 11 heteroatoms. The third-order valence-corrected chi connectivity index (χ3v) is 7.17. The number of rotatable bonds is 6. The SMILES string of the molecule is CNC(O)N1C[C@@H]2CC[C@H](OCc3cc(C(F)(F)F)cc(C(F)(F)F)c3)[C@@H](c3ccc(F)cc3)[C@@H]2C1. The Bertz CT molecular complexity index is 1010. The topological polar surface area (TPSA) is 44.7 Å². The molecule has 1 saturated carbocycles. The number of hydrogen-bond acceptors (Lipinski definition) is 4. The van der Waals surface area contributed by atoms with Crippen molar-refractivity contribution >= 4 is 0 Å². The van der Waals surface area contributed by atoms with Gasteiger partial charge in [-0.3, -0.25) is 10.2 Å². The summed E-state index contributed by atoms with van der Waals surface area (Å²) in [6.45, 7) is 0.700. The number of nitrogens with one attached hydrogen (secondary N) is 1. The van der Waals surface area contributed by atoms with Crippen LogP contribution < -0.4 is 5.32 Å². The van der Waals surface area contributed by atoms with Gasteiger partial charge in [-0.25, -0.2) is 4.39 Å². The molecule has 2 N–H and O–H groups in total. The van der Waals surface area contributed by atoms with Gasteiger partial charge >= 0.3 is 12.4 Å². The summed E-state index contributed by atoms with van der Waals surface area (Å²) in [4.78, 5) is 1.87. The van der Waals surface area contributed by atoms with Crippen LogP contribution in [0.4, 0.5) is 30.7 Å². The molecule has 1 unspecified atom stereocenters. The first kappa shape index (κ1) is 26.8. The number of hydrogen-bond donors (Lipinski definition) is 2. The molecule has 4 rings (SSSR count). The van der Waals surface area contributed by atoms with Crippen molar-refractivity contribution in [1.82, 2.24) is 10.2 Å². The standard InChI is InChI=1S/C25H27F7N2O2/c1-33-23(35)34-11-16-4-7-21(22(20(16)12-34)15-2-5-19(26)6-3-15)36-13-14-8-17(24(27,28)29)10-18(9-14)25(30,31)32/h2-3,5-6,8-10,16,20-23,33,35H,4,7,11-13H2,1H3/t16-,20+,21-,22-,23?/m0/s1. The van der Waals surface area contributed by atoms with Gasteiger partial charge in [-0.1, -0.05) is 12.1 Å². The predicted octanol–water partition coefficient (Wildman–Crippen LogP) is 5.37. The molecule has 1 aliphatic heterocycles. The number of ether oxygens (including phenoxy) is 1. The van der Waals surface area contributed by atoms with Crippen LogP contribution in [0.5, 0.6) is 0 Å². The molecule has 0 bridgehead atoms. The van der Waals surface area contributed by atoms with Gasteiger partial charge in [0.1, 0.15) is 5.82 Å². The second-order valence-corrected chi connectivity index (χ2v) is 9.46. The minimum Gasteiger partial charge on any atom is -0.373 e. The number of likely N-dealkylation sites (tertiary alicyclic amines) is 1. The van der Waals surface area contributed by atoms with Crippen molar-refractivity contribution in [3.8, 4) is 0 Å². The van der Waals surface area contributed by atoms with Crippen LogP contribution in [0.15, 0.2) is 42.5 Å². The van der Waals surface area contributed by atoms with E-state index in [1.807, 2.05) is 4.90 Å². The Labute approximate surface area is 204 Å². The van der Waals surface area contributed by atoms with Crippen molar-refractivity contribution in [2.75, 3.05) is 20.1 Å². The van der Waals surface area contributed by atoms with E-state index in [4.69, 9.17) is 4.74 Å². The van der Waals surface area contributed by atoms with Gasteiger partial charge in [0.05, 0.1) is 23.8 Å². The minimum atomic E-state index is -4.94. The van der Waals surface area contributed by atoms with Crippen LogP contribution in [0.1, 0.15) is 41.0 Å². The van der Waals surface area contributed by atoms with E-state index >= 15 is 0 Å². The summed E-state index contributed by atoms with van der Waals surface area (Å²) in [6, 6.07) is 7.32. The van der Waals surface area contributed by atoms with Gasteiger partial charge in [-0.05, 0) is 73.2 Å². The summed E-state index contributed by atoms with van der Waals surface area (Å²) in [5.41, 5.74) is -2.22. The molecule has 0 radical (unpaired) electrons. The van der Waals surface area contributed by atoms with Crippen LogP contribution in [-0.2, 0) is 23.7 Å². The zero-order valence-electron chi connectivity index (χ0n) is 19.4. The van der Waals surface area contributed by atoms with Crippen LogP contribution in [0.3, 0.4) is 0 Å². The van der Waals surface area contributed by atoms with E-state index in [-0.39, 0.29) is 29.4 Å². The quantitative estimate of drug-likeness (QED) is 0.397. The molecule has 0 spiro atoms. The zero-order valence-corrected chi connectivity index (χ0v) is 19.4. The van der Waals surface area contributed by atoms with Crippen LogP contribution in [0.25, 0.3) is 0 Å². The Morgan fingerprint density at radius 3 is 2.14 bits per heavy atom. The monoisotopic (exact) mass is 520 g/mol. The van der Waals surface area contributed by atoms with E-state index in [1.165, 1.54) is 12.1 Å². The average molecular weight is 520 g/mol. The van der Waals surface area contributed by atoms with E-state index in [0.29, 0.717) is 31.6 Å². The highest BCUT2D eigenvalue weighted by atomic mass is 19.4. The first-order chi connectivity index (χ1) is 16.9. The van der Waals surface area contributed by atoms with Gasteiger partial charge in [0.15, 0.2) is 6.35 Å². The van der Waals surface area contributed by atoms with E-state index < -0.39 is 48.4 Å². The number of fused-ring (bicyclic) bond motifs is 1. The molecule has 198 valence electrons. The Balaban J connectivity index is 1.60. The average Bonchev–Trinajstić information content (AvgIpc) is 3.25. The summed E-state index contributed by atoms with van der Waals surface area (Å²) in [6.07, 6.45) is -9.99. The molecule has 1 heterocycles. The number of nitrogens with zero attached hydrogens (tertiary/aromatic N) is 1. The van der Waals surface area contributed by atoms with Gasteiger partial charge in [0, 0.05) is 19.0 Å². The number of benzene rings is 2. The Morgan fingerprint density at radius 2 is 1.58 bits per heavy atom. The molecule has 5 atom stereocenters. The molecule has 1 aliphatic carbocycles. The molecule has 0 amide bonds. The molecular weight excluding hydrogens is 493 g/mol. The molecular formula is C25H27F7N2O2. The number of aliphatic hydroxyl groups is 1. The summed E-state index contributed by atoms with van der Waals surface area (Å²) in [5.74, 6) is -0.491. The lowest BCUT2D eigenvalue weighted by Crippen LogP contribution is -2.43. The Morgan fingerprint density at radius 1 is 0.972 bits per heavy atom. The molecule has 36 heavy (non-hydrogen) atoms. The molecule has 2 fully saturated rings. The maximum absolute atomic E-state index is 13.6. The second kappa shape index (κ2) is 10.3. The first-order valence-corrected chi connectivity index (χ1v) is 11.6. The fraction of sp³-hybridized carbons (Fsp3) is 0.520. The summed E-state index contributed by atoms with van der Waals surface area (Å²) in [5, 5.41) is 13.0. The molecule has 2 aliphatic rings. The van der Waals surface area contributed by atoms with Gasteiger partial charge in [0.25, 0.3) is 0 Å². The van der Waals surface area contributed by atoms with Crippen molar-refractivity contribution in [1.29, 1.82) is 0 Å². The molecule has 4 nitrogen and oxygen atoms in total. The minimum absolute atomic E-state index is 0.00413. The predicted molar refractivity (Wildman–Crippen MR) is 117 cm³/mol. The molecule has 0 aromatic heterocycles. The van der Waals surface area contributed by atoms with Crippen molar-refractivity contribution in [2.24, 2.45) is 11.8 Å². The lowest BCUT2D eigenvalue weighted by atomic mass is 9.69. The number of aliphatic hydroxyl groups excluding tert-OH is 1. The molecule has 1 saturated heterocycles. The van der Waals surface area contributed by atoms with Crippen molar-refractivity contribution in [3.63, 3.8) is 0 Å². The van der Waals surface area contributed by atoms with Crippen molar-refractivity contribution in [2.45, 2.75) is 50.2 Å². The van der Waals surface area contributed by atoms with E-state index in [2.05, 4.69) is 5.32 Å². The highest BCUT2D eigenvalue weighted by Gasteiger charge is 2.47. The Hall–Kier alpha value is -2.21. The van der Waals surface area contributed by atoms with Crippen LogP contribution >= 0.6 is 0 Å². The third-order valence-electron chi connectivity index (χ3n) is 7.17. The maximum Gasteiger partial charge on any atom is 0.416 e. The highest BCUT2D eigenvalue weighted by Crippen LogP contribution is 2.47. The van der Waals surface area contributed by atoms with E-state index in [1.54, 1.807) is 19.2 Å². The van der Waals surface area contributed by atoms with Crippen molar-refractivity contribution in [3.05, 3.63) is 70.5 Å². The van der Waals surface area contributed by atoms with Crippen molar-refractivity contribution < 1.29 is 40.6 Å². The van der Waals surface area contributed by atoms with E-state index in [9.17, 15) is 35.8 Å². The normalized spacial score (nSPS) is 26.1. The van der Waals surface area contributed by atoms with Gasteiger partial charge in [0.2, 0.25) is 0 Å². The number of alkyl halides is 6. The lowest BCUT2D eigenvalue weighted by Gasteiger charge is -2.40. The Kier molecular flexibility index (Phi) is 7.66. The lowest BCUT2D eigenvalue weighted by molar-refractivity contribution is -0.143. The smallest absolute Gasteiger partial charge is 0.373 e.